The fraction of sp³-hybridized carbons (Fsp3) is 0.125. The minimum absolute atomic E-state index is 0.167. The maximum atomic E-state index is 13.3. The van der Waals surface area contributed by atoms with Crippen LogP contribution < -0.4 is 5.32 Å². The van der Waals surface area contributed by atoms with Gasteiger partial charge in [-0.05, 0) is 42.8 Å². The summed E-state index contributed by atoms with van der Waals surface area (Å²) in [6.45, 7) is 1.80. The molecule has 0 saturated heterocycles. The van der Waals surface area contributed by atoms with Gasteiger partial charge in [0.05, 0.1) is 16.3 Å². The predicted molar refractivity (Wildman–Crippen MR) is 116 cm³/mol. The molecular formula is C24H17ClN2O5. The zero-order chi connectivity index (χ0) is 22.8. The molecule has 1 aliphatic heterocycles. The van der Waals surface area contributed by atoms with E-state index < -0.39 is 35.5 Å². The molecule has 160 valence electrons. The standard InChI is InChI=1S/C24H17ClN2O5/c1-13-6-7-17(25)18(12-13)27-23(30)21(29)19(20(28)14-8-10-26-11-9-14)22-15-4-2-3-5-16(15)24(31)32-22/h2-12,19,22H,1H3,(H,27,30)/t19-,22-/m0/s1. The van der Waals surface area contributed by atoms with Gasteiger partial charge in [0.1, 0.15) is 12.0 Å². The van der Waals surface area contributed by atoms with Gasteiger partial charge in [-0.1, -0.05) is 35.9 Å². The lowest BCUT2D eigenvalue weighted by Crippen LogP contribution is -2.38. The number of hydrogen-bond donors (Lipinski definition) is 1. The quantitative estimate of drug-likeness (QED) is 0.265. The van der Waals surface area contributed by atoms with Crippen LogP contribution in [0.15, 0.2) is 67.0 Å². The van der Waals surface area contributed by atoms with Gasteiger partial charge in [-0.2, -0.15) is 0 Å². The predicted octanol–water partition coefficient (Wildman–Crippen LogP) is 3.96. The van der Waals surface area contributed by atoms with Crippen molar-refractivity contribution in [1.29, 1.82) is 0 Å². The topological polar surface area (TPSA) is 102 Å². The molecule has 0 saturated carbocycles. The van der Waals surface area contributed by atoms with Crippen molar-refractivity contribution >= 4 is 40.7 Å². The Kier molecular flexibility index (Phi) is 5.83. The van der Waals surface area contributed by atoms with E-state index in [4.69, 9.17) is 16.3 Å². The van der Waals surface area contributed by atoms with Crippen LogP contribution in [0.1, 0.15) is 37.9 Å². The molecule has 0 radical (unpaired) electrons. The number of Topliss-reactive ketones (excluding diaryl/α,β-unsaturated/α-hetero) is 2. The smallest absolute Gasteiger partial charge is 0.339 e. The van der Waals surface area contributed by atoms with Crippen molar-refractivity contribution in [3.05, 3.63) is 94.3 Å². The van der Waals surface area contributed by atoms with Crippen molar-refractivity contribution in [3.8, 4) is 0 Å². The van der Waals surface area contributed by atoms with Crippen LogP contribution in [0.3, 0.4) is 0 Å². The zero-order valence-corrected chi connectivity index (χ0v) is 17.6. The van der Waals surface area contributed by atoms with E-state index in [0.717, 1.165) is 5.56 Å². The number of halogens is 1. The highest BCUT2D eigenvalue weighted by molar-refractivity contribution is 6.46. The molecule has 0 bridgehead atoms. The van der Waals surface area contributed by atoms with Crippen molar-refractivity contribution in [2.75, 3.05) is 5.32 Å². The highest BCUT2D eigenvalue weighted by Crippen LogP contribution is 2.38. The van der Waals surface area contributed by atoms with Crippen molar-refractivity contribution in [1.82, 2.24) is 4.98 Å². The number of pyridine rings is 1. The molecule has 2 aromatic carbocycles. The summed E-state index contributed by atoms with van der Waals surface area (Å²) in [5.74, 6) is -4.97. The van der Waals surface area contributed by atoms with Crippen LogP contribution in [-0.4, -0.2) is 28.4 Å². The molecule has 3 aromatic rings. The third kappa shape index (κ3) is 4.02. The summed E-state index contributed by atoms with van der Waals surface area (Å²) in [5, 5.41) is 2.71. The number of ketones is 2. The number of esters is 1. The average molecular weight is 449 g/mol. The molecule has 1 amide bonds. The van der Waals surface area contributed by atoms with Gasteiger partial charge in [-0.15, -0.1) is 0 Å². The van der Waals surface area contributed by atoms with Crippen molar-refractivity contribution < 1.29 is 23.9 Å². The summed E-state index contributed by atoms with van der Waals surface area (Å²) in [4.78, 5) is 55.7. The van der Waals surface area contributed by atoms with E-state index in [1.54, 1.807) is 49.4 Å². The Bertz CT molecular complexity index is 1240. The molecular weight excluding hydrogens is 432 g/mol. The fourth-order valence-electron chi connectivity index (χ4n) is 3.57. The molecule has 1 N–H and O–H groups in total. The van der Waals surface area contributed by atoms with E-state index in [9.17, 15) is 19.2 Å². The number of carbonyl (C=O) groups excluding carboxylic acids is 4. The fourth-order valence-corrected chi connectivity index (χ4v) is 3.74. The summed E-state index contributed by atoms with van der Waals surface area (Å²) in [6, 6.07) is 14.3. The number of benzene rings is 2. The second-order valence-electron chi connectivity index (χ2n) is 7.29. The SMILES string of the molecule is Cc1ccc(Cl)c(NC(=O)C(=O)[C@H](C(=O)c2ccncc2)[C@H]2OC(=O)c3ccccc32)c1. The number of hydrogen-bond acceptors (Lipinski definition) is 6. The van der Waals surface area contributed by atoms with Crippen LogP contribution in [-0.2, 0) is 14.3 Å². The Balaban J connectivity index is 1.72. The summed E-state index contributed by atoms with van der Waals surface area (Å²) in [5.41, 5.74) is 1.85. The van der Waals surface area contributed by atoms with Crippen LogP contribution >= 0.6 is 11.6 Å². The van der Waals surface area contributed by atoms with E-state index in [2.05, 4.69) is 10.3 Å². The second kappa shape index (κ2) is 8.72. The molecule has 1 aromatic heterocycles. The van der Waals surface area contributed by atoms with Crippen LogP contribution in [0, 0.1) is 12.8 Å². The number of aromatic nitrogens is 1. The van der Waals surface area contributed by atoms with Gasteiger partial charge in [0.25, 0.3) is 5.91 Å². The molecule has 0 aliphatic carbocycles. The zero-order valence-electron chi connectivity index (χ0n) is 16.9. The maximum absolute atomic E-state index is 13.3. The van der Waals surface area contributed by atoms with Gasteiger partial charge in [-0.3, -0.25) is 19.4 Å². The van der Waals surface area contributed by atoms with Crippen LogP contribution in [0.2, 0.25) is 5.02 Å². The van der Waals surface area contributed by atoms with Gasteiger partial charge in [0.15, 0.2) is 5.78 Å². The Morgan fingerprint density at radius 2 is 1.78 bits per heavy atom. The van der Waals surface area contributed by atoms with E-state index in [1.165, 1.54) is 24.5 Å². The molecule has 2 heterocycles. The summed E-state index contributed by atoms with van der Waals surface area (Å²) >= 11 is 6.13. The minimum Gasteiger partial charge on any atom is -0.453 e. The number of cyclic esters (lactones) is 1. The Hall–Kier alpha value is -3.84. The van der Waals surface area contributed by atoms with Gasteiger partial charge in [0, 0.05) is 23.5 Å². The van der Waals surface area contributed by atoms with Crippen LogP contribution in [0.25, 0.3) is 0 Å². The maximum Gasteiger partial charge on any atom is 0.339 e. The first kappa shape index (κ1) is 21.4. The van der Waals surface area contributed by atoms with Gasteiger partial charge < -0.3 is 10.1 Å². The molecule has 8 heteroatoms. The van der Waals surface area contributed by atoms with Crippen LogP contribution in [0.4, 0.5) is 5.69 Å². The molecule has 1 aliphatic rings. The number of fused-ring (bicyclic) bond motifs is 1. The molecule has 4 rings (SSSR count). The Morgan fingerprint density at radius 3 is 2.53 bits per heavy atom. The van der Waals surface area contributed by atoms with E-state index in [1.807, 2.05) is 0 Å². The van der Waals surface area contributed by atoms with Crippen molar-refractivity contribution in [2.45, 2.75) is 13.0 Å². The van der Waals surface area contributed by atoms with Gasteiger partial charge >= 0.3 is 5.97 Å². The first-order valence-corrected chi connectivity index (χ1v) is 10.1. The highest BCUT2D eigenvalue weighted by Gasteiger charge is 2.46. The van der Waals surface area contributed by atoms with E-state index >= 15 is 0 Å². The molecule has 32 heavy (non-hydrogen) atoms. The number of nitrogens with zero attached hydrogens (tertiary/aromatic N) is 1. The van der Waals surface area contributed by atoms with E-state index in [0.29, 0.717) is 5.56 Å². The molecule has 0 unspecified atom stereocenters. The third-order valence-corrected chi connectivity index (χ3v) is 5.48. The summed E-state index contributed by atoms with van der Waals surface area (Å²) < 4.78 is 5.40. The first-order chi connectivity index (χ1) is 15.4. The Morgan fingerprint density at radius 1 is 1.06 bits per heavy atom. The summed E-state index contributed by atoms with van der Waals surface area (Å²) in [6.07, 6.45) is 1.57. The number of aryl methyl sites for hydroxylation is 1. The molecule has 2 atom stereocenters. The van der Waals surface area contributed by atoms with Crippen molar-refractivity contribution in [2.24, 2.45) is 5.92 Å². The average Bonchev–Trinajstić information content (AvgIpc) is 3.13. The number of nitrogens with one attached hydrogen (secondary N) is 1. The van der Waals surface area contributed by atoms with E-state index in [-0.39, 0.29) is 21.8 Å². The summed E-state index contributed by atoms with van der Waals surface area (Å²) in [7, 11) is 0. The lowest BCUT2D eigenvalue weighted by atomic mass is 9.85. The number of anilines is 1. The first-order valence-electron chi connectivity index (χ1n) is 9.72. The second-order valence-corrected chi connectivity index (χ2v) is 7.70. The minimum atomic E-state index is -1.58. The highest BCUT2D eigenvalue weighted by atomic mass is 35.5. The van der Waals surface area contributed by atoms with Gasteiger partial charge in [-0.25, -0.2) is 4.79 Å². The van der Waals surface area contributed by atoms with Crippen LogP contribution in [0.5, 0.6) is 0 Å². The van der Waals surface area contributed by atoms with Crippen molar-refractivity contribution in [3.63, 3.8) is 0 Å². The lowest BCUT2D eigenvalue weighted by Gasteiger charge is -2.21. The number of carbonyl (C=O) groups is 4. The number of rotatable bonds is 6. The molecule has 7 nitrogen and oxygen atoms in total. The number of amides is 1. The third-order valence-electron chi connectivity index (χ3n) is 5.15. The monoisotopic (exact) mass is 448 g/mol. The lowest BCUT2D eigenvalue weighted by molar-refractivity contribution is -0.138. The molecule has 0 spiro atoms. The number of ether oxygens (including phenoxy) is 1. The van der Waals surface area contributed by atoms with Gasteiger partial charge in [0.2, 0.25) is 5.78 Å². The Labute approximate surface area is 188 Å². The normalized spacial score (nSPS) is 15.4. The molecule has 0 fully saturated rings. The largest absolute Gasteiger partial charge is 0.453 e.